The summed E-state index contributed by atoms with van der Waals surface area (Å²) in [6.07, 6.45) is 3.19. The highest BCUT2D eigenvalue weighted by molar-refractivity contribution is 7.52. The van der Waals surface area contributed by atoms with Crippen LogP contribution in [0.5, 0.6) is 0 Å². The highest BCUT2D eigenvalue weighted by atomic mass is 31.2. The van der Waals surface area contributed by atoms with E-state index >= 15 is 0 Å². The summed E-state index contributed by atoms with van der Waals surface area (Å²) in [4.78, 5) is 41.9. The summed E-state index contributed by atoms with van der Waals surface area (Å²) in [5.41, 5.74) is 0. The zero-order chi connectivity index (χ0) is 18.4. The molecular weight excluding hydrogens is 345 g/mol. The number of amides is 1. The van der Waals surface area contributed by atoms with Gasteiger partial charge in [0.1, 0.15) is 6.29 Å². The van der Waals surface area contributed by atoms with Crippen molar-refractivity contribution in [1.29, 1.82) is 0 Å². The summed E-state index contributed by atoms with van der Waals surface area (Å²) in [7, 11) is -4.28. The first kappa shape index (κ1) is 22.4. The van der Waals surface area contributed by atoms with E-state index in [0.29, 0.717) is 6.42 Å². The van der Waals surface area contributed by atoms with Crippen molar-refractivity contribution in [3.05, 3.63) is 0 Å². The normalized spacial score (nSPS) is 12.9. The minimum absolute atomic E-state index is 0.226. The van der Waals surface area contributed by atoms with Crippen molar-refractivity contribution >= 4 is 25.6 Å². The fourth-order valence-corrected chi connectivity index (χ4v) is 2.24. The van der Waals surface area contributed by atoms with E-state index < -0.39 is 45.3 Å². The van der Waals surface area contributed by atoms with Crippen LogP contribution in [0.25, 0.3) is 0 Å². The molecule has 1 amide bonds. The number of rotatable bonds is 13. The number of esters is 1. The highest BCUT2D eigenvalue weighted by Gasteiger charge is 2.22. The second kappa shape index (κ2) is 12.7. The van der Waals surface area contributed by atoms with Gasteiger partial charge in [-0.2, -0.15) is 0 Å². The third-order valence-corrected chi connectivity index (χ3v) is 3.80. The molecule has 140 valence electrons. The van der Waals surface area contributed by atoms with Crippen LogP contribution in [0.1, 0.15) is 45.4 Å². The number of ether oxygens (including phenoxy) is 2. The minimum atomic E-state index is -4.28. The first-order chi connectivity index (χ1) is 11.3. The quantitative estimate of drug-likeness (QED) is 0.191. The van der Waals surface area contributed by atoms with Gasteiger partial charge in [0, 0.05) is 6.42 Å². The van der Waals surface area contributed by atoms with Crippen LogP contribution in [-0.2, 0) is 28.2 Å². The Bertz CT molecular complexity index is 455. The van der Waals surface area contributed by atoms with E-state index in [4.69, 9.17) is 5.11 Å². The van der Waals surface area contributed by atoms with Gasteiger partial charge in [0.05, 0.1) is 0 Å². The maximum Gasteiger partial charge on any atom is 0.410 e. The maximum absolute atomic E-state index is 11.3. The molecule has 0 aromatic heterocycles. The Hall–Kier alpha value is -1.64. The highest BCUT2D eigenvalue weighted by Crippen LogP contribution is 2.39. The molecule has 10 nitrogen and oxygen atoms in total. The van der Waals surface area contributed by atoms with Gasteiger partial charge in [-0.3, -0.25) is 13.9 Å². The number of hydrogen-bond donors (Lipinski definition) is 3. The molecule has 1 atom stereocenters. The molecule has 1 unspecified atom stereocenters. The van der Waals surface area contributed by atoms with E-state index in [-0.39, 0.29) is 6.42 Å². The molecule has 0 aliphatic heterocycles. The number of unbranched alkanes of at least 4 members (excludes halogenated alkanes) is 4. The lowest BCUT2D eigenvalue weighted by molar-refractivity contribution is -0.152. The molecule has 24 heavy (non-hydrogen) atoms. The van der Waals surface area contributed by atoms with Crippen LogP contribution in [0.2, 0.25) is 0 Å². The molecule has 0 aliphatic carbocycles. The predicted molar refractivity (Wildman–Crippen MR) is 82.2 cm³/mol. The van der Waals surface area contributed by atoms with Gasteiger partial charge in [0.25, 0.3) is 0 Å². The summed E-state index contributed by atoms with van der Waals surface area (Å²) < 4.78 is 24.7. The van der Waals surface area contributed by atoms with Gasteiger partial charge in [0.2, 0.25) is 6.79 Å². The summed E-state index contributed by atoms with van der Waals surface area (Å²) >= 11 is 0. The maximum atomic E-state index is 11.3. The molecular formula is C13H24NO9P. The summed E-state index contributed by atoms with van der Waals surface area (Å²) in [6.45, 7) is 0.496. The third kappa shape index (κ3) is 14.0. The fraction of sp³-hybridized carbons (Fsp3) is 0.769. The average Bonchev–Trinajstić information content (AvgIpc) is 2.51. The van der Waals surface area contributed by atoms with Crippen molar-refractivity contribution in [1.82, 2.24) is 5.32 Å². The number of aliphatic carboxylic acids is 1. The molecule has 0 heterocycles. The Balaban J connectivity index is 3.73. The second-order valence-corrected chi connectivity index (χ2v) is 6.72. The second-order valence-electron chi connectivity index (χ2n) is 4.87. The Morgan fingerprint density at radius 3 is 2.38 bits per heavy atom. The van der Waals surface area contributed by atoms with Crippen molar-refractivity contribution in [3.8, 4) is 0 Å². The number of carbonyl (C=O) groups is 3. The Morgan fingerprint density at radius 2 is 1.75 bits per heavy atom. The van der Waals surface area contributed by atoms with E-state index in [9.17, 15) is 23.8 Å². The van der Waals surface area contributed by atoms with Crippen LogP contribution < -0.4 is 5.32 Å². The van der Waals surface area contributed by atoms with Crippen LogP contribution in [0.4, 0.5) is 4.79 Å². The number of hydrogen-bond acceptors (Lipinski definition) is 7. The van der Waals surface area contributed by atoms with E-state index in [0.717, 1.165) is 25.7 Å². The van der Waals surface area contributed by atoms with Gasteiger partial charge >= 0.3 is 25.6 Å². The van der Waals surface area contributed by atoms with E-state index in [1.807, 2.05) is 5.32 Å². The molecule has 0 radical (unpaired) electrons. The van der Waals surface area contributed by atoms with Crippen LogP contribution in [0.15, 0.2) is 0 Å². The molecule has 0 saturated heterocycles. The van der Waals surface area contributed by atoms with Gasteiger partial charge in [-0.05, 0) is 6.42 Å². The molecule has 0 bridgehead atoms. The van der Waals surface area contributed by atoms with Gasteiger partial charge in [-0.25, -0.2) is 9.59 Å². The monoisotopic (exact) mass is 369 g/mol. The number of carbonyl (C=O) groups excluding carboxylic acids is 2. The smallest absolute Gasteiger partial charge is 0.410 e. The van der Waals surface area contributed by atoms with Gasteiger partial charge in [0.15, 0.2) is 6.61 Å². The zero-order valence-electron chi connectivity index (χ0n) is 13.6. The molecule has 0 fully saturated rings. The molecule has 0 aliphatic rings. The molecule has 0 aromatic carbocycles. The summed E-state index contributed by atoms with van der Waals surface area (Å²) in [5, 5.41) is 10.2. The van der Waals surface area contributed by atoms with Crippen LogP contribution in [0.3, 0.4) is 0 Å². The Morgan fingerprint density at radius 1 is 1.08 bits per heavy atom. The lowest BCUT2D eigenvalue weighted by Gasteiger charge is -2.12. The standard InChI is InChI=1S/C13H24NO9P/c1-2-3-4-5-6-7-12(17)21-10-22-13(18)14-9-24(19,20)23-8-11(15)16/h2-10H2,1H3,(H,14,18)(H,15,16)(H,19,20). The minimum Gasteiger partial charge on any atom is -0.480 e. The third-order valence-electron chi connectivity index (χ3n) is 2.71. The van der Waals surface area contributed by atoms with Gasteiger partial charge in [-0.15, -0.1) is 0 Å². The SMILES string of the molecule is CCCCCCCC(=O)OCOC(=O)NCP(=O)(O)OCC(=O)O. The fourth-order valence-electron chi connectivity index (χ4n) is 1.51. The van der Waals surface area contributed by atoms with Crippen LogP contribution >= 0.6 is 7.60 Å². The van der Waals surface area contributed by atoms with Crippen molar-refractivity contribution < 1.29 is 42.9 Å². The van der Waals surface area contributed by atoms with Crippen LogP contribution in [0, 0.1) is 0 Å². The molecule has 0 spiro atoms. The zero-order valence-corrected chi connectivity index (χ0v) is 14.5. The van der Waals surface area contributed by atoms with E-state index in [1.54, 1.807) is 0 Å². The molecule has 11 heteroatoms. The lowest BCUT2D eigenvalue weighted by Crippen LogP contribution is -2.27. The first-order valence-electron chi connectivity index (χ1n) is 7.51. The van der Waals surface area contributed by atoms with E-state index in [1.165, 1.54) is 0 Å². The van der Waals surface area contributed by atoms with Gasteiger partial charge in [-0.1, -0.05) is 32.6 Å². The Kier molecular flexibility index (Phi) is 11.9. The van der Waals surface area contributed by atoms with Crippen molar-refractivity contribution in [2.45, 2.75) is 45.4 Å². The molecule has 3 N–H and O–H groups in total. The van der Waals surface area contributed by atoms with Gasteiger partial charge < -0.3 is 24.8 Å². The van der Waals surface area contributed by atoms with Crippen molar-refractivity contribution in [2.24, 2.45) is 0 Å². The average molecular weight is 369 g/mol. The van der Waals surface area contributed by atoms with E-state index in [2.05, 4.69) is 20.9 Å². The largest absolute Gasteiger partial charge is 0.480 e. The predicted octanol–water partition coefficient (Wildman–Crippen LogP) is 1.82. The number of carboxylic acid groups (broad SMARTS) is 1. The summed E-state index contributed by atoms with van der Waals surface area (Å²) in [5.74, 6) is -1.93. The molecule has 0 saturated carbocycles. The van der Waals surface area contributed by atoms with Crippen molar-refractivity contribution in [3.63, 3.8) is 0 Å². The lowest BCUT2D eigenvalue weighted by atomic mass is 10.1. The molecule has 0 rings (SSSR count). The number of alkyl carbamates (subject to hydrolysis) is 1. The number of carboxylic acids is 1. The summed E-state index contributed by atoms with van der Waals surface area (Å²) in [6, 6.07) is 0. The molecule has 0 aromatic rings. The topological polar surface area (TPSA) is 148 Å². The number of nitrogens with one attached hydrogen (secondary N) is 1. The van der Waals surface area contributed by atoms with Crippen molar-refractivity contribution in [2.75, 3.05) is 19.7 Å². The first-order valence-corrected chi connectivity index (χ1v) is 9.27. The van der Waals surface area contributed by atoms with Crippen LogP contribution in [-0.4, -0.2) is 47.7 Å². The Labute approximate surface area is 140 Å².